The third-order valence-corrected chi connectivity index (χ3v) is 6.35. The van der Waals surface area contributed by atoms with Crippen LogP contribution in [-0.4, -0.2) is 32.7 Å². The number of hydrogen-bond acceptors (Lipinski definition) is 4. The molecule has 23 heavy (non-hydrogen) atoms. The highest BCUT2D eigenvalue weighted by molar-refractivity contribution is 7.90. The van der Waals surface area contributed by atoms with Crippen molar-refractivity contribution >= 4 is 9.84 Å². The van der Waals surface area contributed by atoms with Crippen molar-refractivity contribution in [2.24, 2.45) is 11.3 Å². The van der Waals surface area contributed by atoms with Crippen LogP contribution >= 0.6 is 0 Å². The molecule has 0 spiro atoms. The predicted octanol–water partition coefficient (Wildman–Crippen LogP) is 3.24. The van der Waals surface area contributed by atoms with Gasteiger partial charge in [0.1, 0.15) is 0 Å². The first-order valence-electron chi connectivity index (χ1n) is 8.15. The Morgan fingerprint density at radius 2 is 1.96 bits per heavy atom. The minimum absolute atomic E-state index is 0.139. The Bertz CT molecular complexity index is 681. The summed E-state index contributed by atoms with van der Waals surface area (Å²) in [6.45, 7) is 7.11. The number of benzene rings is 1. The van der Waals surface area contributed by atoms with Gasteiger partial charge in [0.15, 0.2) is 9.84 Å². The van der Waals surface area contributed by atoms with Crippen LogP contribution in [0.1, 0.15) is 38.7 Å². The Labute approximate surface area is 140 Å². The summed E-state index contributed by atoms with van der Waals surface area (Å²) < 4.78 is 23.3. The van der Waals surface area contributed by atoms with Crippen LogP contribution in [-0.2, 0) is 16.4 Å². The van der Waals surface area contributed by atoms with Crippen LogP contribution < -0.4 is 0 Å². The van der Waals surface area contributed by atoms with Crippen LogP contribution in [0.5, 0.6) is 0 Å². The van der Waals surface area contributed by atoms with E-state index in [0.29, 0.717) is 17.2 Å². The van der Waals surface area contributed by atoms with Crippen LogP contribution in [0.25, 0.3) is 0 Å². The molecule has 126 valence electrons. The summed E-state index contributed by atoms with van der Waals surface area (Å²) in [6.07, 6.45) is 3.93. The zero-order valence-corrected chi connectivity index (χ0v) is 15.1. The molecule has 1 heterocycles. The maximum atomic E-state index is 11.7. The molecule has 0 bridgehead atoms. The first-order chi connectivity index (χ1) is 10.8. The van der Waals surface area contributed by atoms with Gasteiger partial charge in [0.2, 0.25) is 0 Å². The van der Waals surface area contributed by atoms with Gasteiger partial charge in [0, 0.05) is 19.2 Å². The Balaban J connectivity index is 2.04. The van der Waals surface area contributed by atoms with E-state index in [4.69, 9.17) is 5.26 Å². The molecule has 0 amide bonds. The highest BCUT2D eigenvalue weighted by Gasteiger charge is 2.37. The Morgan fingerprint density at radius 3 is 2.48 bits per heavy atom. The third-order valence-electron chi connectivity index (χ3n) is 5.24. The molecule has 0 saturated carbocycles. The summed E-state index contributed by atoms with van der Waals surface area (Å²) in [7, 11) is -3.16. The molecule has 1 aliphatic rings. The third kappa shape index (κ3) is 4.33. The maximum absolute atomic E-state index is 11.7. The molecule has 0 unspecified atom stereocenters. The van der Waals surface area contributed by atoms with E-state index in [9.17, 15) is 8.42 Å². The monoisotopic (exact) mass is 334 g/mol. The minimum Gasteiger partial charge on any atom is -0.299 e. The van der Waals surface area contributed by atoms with Crippen LogP contribution in [0.15, 0.2) is 29.2 Å². The molecule has 1 aromatic rings. The Morgan fingerprint density at radius 1 is 1.30 bits per heavy atom. The fourth-order valence-corrected chi connectivity index (χ4v) is 4.10. The molecule has 5 heteroatoms. The van der Waals surface area contributed by atoms with Gasteiger partial charge in [-0.1, -0.05) is 26.0 Å². The molecule has 0 N–H and O–H groups in total. The summed E-state index contributed by atoms with van der Waals surface area (Å²) in [5, 5.41) is 9.12. The van der Waals surface area contributed by atoms with E-state index in [1.165, 1.54) is 6.26 Å². The average Bonchev–Trinajstić information content (AvgIpc) is 2.49. The fraction of sp³-hybridized carbons (Fsp3) is 0.611. The second-order valence-corrected chi connectivity index (χ2v) is 9.06. The molecule has 0 aliphatic carbocycles. The number of hydrogen-bond donors (Lipinski definition) is 0. The van der Waals surface area contributed by atoms with Gasteiger partial charge in [-0.25, -0.2) is 8.42 Å². The first-order valence-corrected chi connectivity index (χ1v) is 10.0. The van der Waals surface area contributed by atoms with Gasteiger partial charge in [-0.05, 0) is 55.0 Å². The van der Waals surface area contributed by atoms with Gasteiger partial charge >= 0.3 is 0 Å². The number of sulfone groups is 1. The summed E-state index contributed by atoms with van der Waals surface area (Å²) in [4.78, 5) is 2.74. The van der Waals surface area contributed by atoms with Crippen LogP contribution in [0.4, 0.5) is 0 Å². The highest BCUT2D eigenvalue weighted by Crippen LogP contribution is 2.41. The van der Waals surface area contributed by atoms with Crippen molar-refractivity contribution in [1.29, 1.82) is 5.26 Å². The Hall–Kier alpha value is -1.38. The zero-order valence-electron chi connectivity index (χ0n) is 14.2. The van der Waals surface area contributed by atoms with E-state index in [0.717, 1.165) is 38.0 Å². The summed E-state index contributed by atoms with van der Waals surface area (Å²) in [5.74, 6) is 0.512. The molecular weight excluding hydrogens is 308 g/mol. The van der Waals surface area contributed by atoms with Gasteiger partial charge in [-0.15, -0.1) is 0 Å². The number of rotatable bonds is 5. The van der Waals surface area contributed by atoms with Crippen molar-refractivity contribution in [2.45, 2.75) is 44.6 Å². The largest absolute Gasteiger partial charge is 0.299 e. The molecule has 2 rings (SSSR count). The summed E-state index contributed by atoms with van der Waals surface area (Å²) >= 11 is 0. The molecule has 1 fully saturated rings. The lowest BCUT2D eigenvalue weighted by atomic mass is 9.68. The number of piperidine rings is 1. The molecule has 0 atom stereocenters. The predicted molar refractivity (Wildman–Crippen MR) is 91.6 cm³/mol. The van der Waals surface area contributed by atoms with Crippen molar-refractivity contribution in [2.75, 3.05) is 19.3 Å². The quantitative estimate of drug-likeness (QED) is 0.829. The molecular formula is C18H26N2O2S. The average molecular weight is 334 g/mol. The van der Waals surface area contributed by atoms with Gasteiger partial charge in [0.25, 0.3) is 0 Å². The molecule has 1 aliphatic heterocycles. The van der Waals surface area contributed by atoms with Crippen molar-refractivity contribution < 1.29 is 8.42 Å². The van der Waals surface area contributed by atoms with Crippen molar-refractivity contribution in [1.82, 2.24) is 4.90 Å². The second kappa shape index (κ2) is 7.02. The van der Waals surface area contributed by atoms with Gasteiger partial charge in [0.05, 0.1) is 11.0 Å². The molecule has 0 aromatic heterocycles. The lowest BCUT2D eigenvalue weighted by Crippen LogP contribution is -2.42. The molecule has 4 nitrogen and oxygen atoms in total. The topological polar surface area (TPSA) is 61.2 Å². The zero-order chi connectivity index (χ0) is 17.1. The second-order valence-electron chi connectivity index (χ2n) is 7.05. The molecule has 0 radical (unpaired) electrons. The van der Waals surface area contributed by atoms with Crippen molar-refractivity contribution in [3.8, 4) is 6.07 Å². The minimum atomic E-state index is -3.16. The van der Waals surface area contributed by atoms with Crippen molar-refractivity contribution in [3.63, 3.8) is 0 Å². The van der Waals surface area contributed by atoms with E-state index in [1.807, 2.05) is 12.1 Å². The number of nitrogens with zero attached hydrogens (tertiary/aromatic N) is 2. The van der Waals surface area contributed by atoms with Crippen molar-refractivity contribution in [3.05, 3.63) is 29.8 Å². The van der Waals surface area contributed by atoms with E-state index in [-0.39, 0.29) is 5.41 Å². The SMILES string of the molecule is CC(C)C1(CC#N)CCN(Cc2cccc(S(C)(=O)=O)c2)CC1. The van der Waals surface area contributed by atoms with Crippen LogP contribution in [0.3, 0.4) is 0 Å². The molecule has 1 aromatic carbocycles. The van der Waals surface area contributed by atoms with Crippen LogP contribution in [0.2, 0.25) is 0 Å². The lowest BCUT2D eigenvalue weighted by Gasteiger charge is -2.43. The molecule has 1 saturated heterocycles. The lowest BCUT2D eigenvalue weighted by molar-refractivity contribution is 0.0616. The Kier molecular flexibility index (Phi) is 5.49. The summed E-state index contributed by atoms with van der Waals surface area (Å²) in [5.41, 5.74) is 1.17. The standard InChI is InChI=1S/C18H26N2O2S/c1-15(2)18(7-10-19)8-11-20(12-9-18)14-16-5-4-6-17(13-16)23(3,21)22/h4-6,13,15H,7-9,11-12,14H2,1-3H3. The van der Waals surface area contributed by atoms with E-state index >= 15 is 0 Å². The maximum Gasteiger partial charge on any atom is 0.175 e. The first kappa shape index (κ1) is 18.0. The van der Waals surface area contributed by atoms with Gasteiger partial charge < -0.3 is 0 Å². The smallest absolute Gasteiger partial charge is 0.175 e. The van der Waals surface area contributed by atoms with E-state index in [2.05, 4.69) is 24.8 Å². The van der Waals surface area contributed by atoms with Gasteiger partial charge in [-0.2, -0.15) is 5.26 Å². The van der Waals surface area contributed by atoms with Crippen LogP contribution in [0, 0.1) is 22.7 Å². The fourth-order valence-electron chi connectivity index (χ4n) is 3.40. The summed E-state index contributed by atoms with van der Waals surface area (Å²) in [6, 6.07) is 9.57. The normalized spacial score (nSPS) is 18.7. The highest BCUT2D eigenvalue weighted by atomic mass is 32.2. The number of nitriles is 1. The van der Waals surface area contributed by atoms with E-state index in [1.54, 1.807) is 12.1 Å². The number of likely N-dealkylation sites (tertiary alicyclic amines) is 1. The van der Waals surface area contributed by atoms with Gasteiger partial charge in [-0.3, -0.25) is 4.90 Å². The van der Waals surface area contributed by atoms with E-state index < -0.39 is 9.84 Å².